The van der Waals surface area contributed by atoms with Crippen LogP contribution in [0, 0.1) is 0 Å². The van der Waals surface area contributed by atoms with Crippen LogP contribution < -0.4 is 11.1 Å². The molecule has 1 aliphatic heterocycles. The molecule has 1 amide bonds. The van der Waals surface area contributed by atoms with Crippen molar-refractivity contribution in [1.29, 1.82) is 0 Å². The lowest BCUT2D eigenvalue weighted by atomic mass is 10.00. The van der Waals surface area contributed by atoms with E-state index in [4.69, 9.17) is 10.5 Å². The zero-order chi connectivity index (χ0) is 29.4. The number of pyridine rings is 1. The topological polar surface area (TPSA) is 98.3 Å². The van der Waals surface area contributed by atoms with Gasteiger partial charge in [-0.1, -0.05) is 78.9 Å². The Balaban J connectivity index is 0.909. The van der Waals surface area contributed by atoms with Crippen LogP contribution in [0.15, 0.2) is 91.3 Å². The van der Waals surface area contributed by atoms with Gasteiger partial charge >= 0.3 is 0 Å². The number of hydrogen-bond donors (Lipinski definition) is 2. The molecule has 0 aliphatic carbocycles. The quantitative estimate of drug-likeness (QED) is 0.184. The highest BCUT2D eigenvalue weighted by molar-refractivity contribution is 6.06. The Labute approximate surface area is 252 Å². The number of carbonyl (C=O) groups excluding carboxylic acids is 1. The number of carbonyl (C=O) groups is 1. The van der Waals surface area contributed by atoms with Gasteiger partial charge in [-0.05, 0) is 49.4 Å². The van der Waals surface area contributed by atoms with Gasteiger partial charge in [0.05, 0.1) is 23.5 Å². The van der Waals surface area contributed by atoms with E-state index in [2.05, 4.69) is 73.3 Å². The summed E-state index contributed by atoms with van der Waals surface area (Å²) in [4.78, 5) is 23.9. The van der Waals surface area contributed by atoms with Crippen molar-refractivity contribution in [2.24, 2.45) is 0 Å². The molecule has 3 N–H and O–H groups in total. The summed E-state index contributed by atoms with van der Waals surface area (Å²) in [7, 11) is 0. The highest BCUT2D eigenvalue weighted by atomic mass is 16.5. The number of nitrogens with one attached hydrogen (secondary N) is 1. The van der Waals surface area contributed by atoms with Crippen LogP contribution >= 0.6 is 0 Å². The number of likely N-dealkylation sites (tertiary alicyclic amines) is 1. The Hall–Kier alpha value is -4.27. The summed E-state index contributed by atoms with van der Waals surface area (Å²) in [6.07, 6.45) is 6.21. The Morgan fingerprint density at radius 1 is 0.907 bits per heavy atom. The number of fused-ring (bicyclic) bond motifs is 3. The predicted molar refractivity (Wildman–Crippen MR) is 172 cm³/mol. The maximum atomic E-state index is 12.5. The number of amides is 1. The number of imidazole rings is 1. The number of aryl methyl sites for hydroxylation is 1. The molecule has 0 unspecified atom stereocenters. The molecule has 0 saturated carbocycles. The molecule has 6 rings (SSSR count). The number of aromatic nitrogens is 3. The largest absolute Gasteiger partial charge is 0.382 e. The standard InChI is InChI=1S/C35H40N6O2/c36-35-32-33(29-15-7-8-16-30(29)39-35)41(25-38-32)22-10-20-37-31(42)17-9-21-40-23-18-28(19-24-40)43-34(26-11-3-1-4-12-26)27-13-5-2-6-14-27/h1-8,11-16,25,28,34H,9-10,17-24H2,(H2,36,39)(H,37,42). The fourth-order valence-corrected chi connectivity index (χ4v) is 6.07. The highest BCUT2D eigenvalue weighted by Crippen LogP contribution is 2.30. The number of para-hydroxylation sites is 1. The number of anilines is 1. The maximum Gasteiger partial charge on any atom is 0.220 e. The number of benzene rings is 3. The number of hydrogen-bond acceptors (Lipinski definition) is 6. The van der Waals surface area contributed by atoms with Gasteiger partial charge in [-0.25, -0.2) is 9.97 Å². The Morgan fingerprint density at radius 2 is 1.58 bits per heavy atom. The minimum absolute atomic E-state index is 0.0513. The van der Waals surface area contributed by atoms with Crippen molar-refractivity contribution in [1.82, 2.24) is 24.8 Å². The van der Waals surface area contributed by atoms with Crippen LogP contribution in [-0.4, -0.2) is 57.6 Å². The lowest BCUT2D eigenvalue weighted by Gasteiger charge is -2.34. The molecule has 2 aromatic heterocycles. The molecule has 43 heavy (non-hydrogen) atoms. The summed E-state index contributed by atoms with van der Waals surface area (Å²) in [6, 6.07) is 28.9. The first-order chi connectivity index (χ1) is 21.2. The first-order valence-corrected chi connectivity index (χ1v) is 15.4. The van der Waals surface area contributed by atoms with Crippen molar-refractivity contribution in [3.63, 3.8) is 0 Å². The minimum atomic E-state index is -0.0513. The van der Waals surface area contributed by atoms with E-state index in [-0.39, 0.29) is 18.1 Å². The van der Waals surface area contributed by atoms with E-state index in [1.807, 2.05) is 42.7 Å². The number of nitrogens with zero attached hydrogens (tertiary/aromatic N) is 4. The van der Waals surface area contributed by atoms with E-state index in [0.29, 0.717) is 18.8 Å². The first kappa shape index (κ1) is 28.8. The molecule has 1 fully saturated rings. The van der Waals surface area contributed by atoms with E-state index in [1.54, 1.807) is 0 Å². The summed E-state index contributed by atoms with van der Waals surface area (Å²) in [6.45, 7) is 4.30. The molecular weight excluding hydrogens is 536 g/mol. The zero-order valence-corrected chi connectivity index (χ0v) is 24.6. The van der Waals surface area contributed by atoms with E-state index in [9.17, 15) is 4.79 Å². The fourth-order valence-electron chi connectivity index (χ4n) is 6.07. The van der Waals surface area contributed by atoms with Gasteiger partial charge in [0.2, 0.25) is 5.91 Å². The SMILES string of the molecule is Nc1nc2ccccc2c2c1ncn2CCCNC(=O)CCCN1CCC(OC(c2ccccc2)c2ccccc2)CC1. The average Bonchev–Trinajstić information content (AvgIpc) is 3.48. The van der Waals surface area contributed by atoms with Gasteiger partial charge in [0.25, 0.3) is 0 Å². The highest BCUT2D eigenvalue weighted by Gasteiger charge is 2.24. The maximum absolute atomic E-state index is 12.5. The van der Waals surface area contributed by atoms with E-state index in [0.717, 1.165) is 73.8 Å². The van der Waals surface area contributed by atoms with E-state index < -0.39 is 0 Å². The summed E-state index contributed by atoms with van der Waals surface area (Å²) < 4.78 is 8.79. The van der Waals surface area contributed by atoms with Crippen LogP contribution in [-0.2, 0) is 16.1 Å². The second kappa shape index (κ2) is 13.8. The molecule has 0 atom stereocenters. The lowest BCUT2D eigenvalue weighted by molar-refractivity contribution is -0.121. The number of nitrogen functional groups attached to an aromatic ring is 1. The molecule has 1 aliphatic rings. The second-order valence-electron chi connectivity index (χ2n) is 11.3. The molecule has 3 aromatic carbocycles. The summed E-state index contributed by atoms with van der Waals surface area (Å²) >= 11 is 0. The Morgan fingerprint density at radius 3 is 2.30 bits per heavy atom. The molecule has 0 spiro atoms. The van der Waals surface area contributed by atoms with Crippen LogP contribution in [0.25, 0.3) is 21.9 Å². The average molecular weight is 577 g/mol. The van der Waals surface area contributed by atoms with Crippen molar-refractivity contribution < 1.29 is 9.53 Å². The first-order valence-electron chi connectivity index (χ1n) is 15.4. The third kappa shape index (κ3) is 7.04. The summed E-state index contributed by atoms with van der Waals surface area (Å²) in [5.41, 5.74) is 11.1. The lowest BCUT2D eigenvalue weighted by Crippen LogP contribution is -2.38. The van der Waals surface area contributed by atoms with Gasteiger partial charge in [-0.2, -0.15) is 0 Å². The van der Waals surface area contributed by atoms with Gasteiger partial charge in [0.1, 0.15) is 11.6 Å². The van der Waals surface area contributed by atoms with Gasteiger partial charge < -0.3 is 25.3 Å². The molecule has 3 heterocycles. The molecular formula is C35H40N6O2. The smallest absolute Gasteiger partial charge is 0.220 e. The van der Waals surface area contributed by atoms with Crippen molar-refractivity contribution in [3.05, 3.63) is 102 Å². The Kier molecular flexibility index (Phi) is 9.25. The predicted octanol–water partition coefficient (Wildman–Crippen LogP) is 5.72. The molecule has 8 nitrogen and oxygen atoms in total. The second-order valence-corrected chi connectivity index (χ2v) is 11.3. The van der Waals surface area contributed by atoms with Crippen molar-refractivity contribution in [3.8, 4) is 0 Å². The Bertz CT molecular complexity index is 1590. The molecule has 0 bridgehead atoms. The molecule has 222 valence electrons. The van der Waals surface area contributed by atoms with Crippen molar-refractivity contribution >= 4 is 33.7 Å². The molecule has 5 aromatic rings. The van der Waals surface area contributed by atoms with Gasteiger partial charge in [0, 0.05) is 38.0 Å². The minimum Gasteiger partial charge on any atom is -0.382 e. The summed E-state index contributed by atoms with van der Waals surface area (Å²) in [5.74, 6) is 0.558. The van der Waals surface area contributed by atoms with Crippen LogP contribution in [0.3, 0.4) is 0 Å². The van der Waals surface area contributed by atoms with Crippen molar-refractivity contribution in [2.75, 3.05) is 31.9 Å². The van der Waals surface area contributed by atoms with Crippen LogP contribution in [0.1, 0.15) is 49.3 Å². The van der Waals surface area contributed by atoms with Crippen LogP contribution in [0.2, 0.25) is 0 Å². The van der Waals surface area contributed by atoms with Gasteiger partial charge in [-0.3, -0.25) is 4.79 Å². The molecule has 8 heteroatoms. The van der Waals surface area contributed by atoms with Gasteiger partial charge in [-0.15, -0.1) is 0 Å². The third-order valence-corrected chi connectivity index (χ3v) is 8.32. The molecule has 0 radical (unpaired) electrons. The number of ether oxygens (including phenoxy) is 1. The fraction of sp³-hybridized carbons (Fsp3) is 0.343. The number of rotatable bonds is 12. The van der Waals surface area contributed by atoms with E-state index >= 15 is 0 Å². The van der Waals surface area contributed by atoms with Crippen LogP contribution in [0.5, 0.6) is 0 Å². The monoisotopic (exact) mass is 576 g/mol. The third-order valence-electron chi connectivity index (χ3n) is 8.32. The number of nitrogens with two attached hydrogens (primary N) is 1. The zero-order valence-electron chi connectivity index (χ0n) is 24.6. The van der Waals surface area contributed by atoms with Crippen molar-refractivity contribution in [2.45, 2.75) is 50.9 Å². The summed E-state index contributed by atoms with van der Waals surface area (Å²) in [5, 5.41) is 4.13. The normalized spacial score (nSPS) is 14.5. The number of piperidine rings is 1. The van der Waals surface area contributed by atoms with Crippen LogP contribution in [0.4, 0.5) is 5.82 Å². The van der Waals surface area contributed by atoms with Gasteiger partial charge in [0.15, 0.2) is 5.82 Å². The molecule has 1 saturated heterocycles. The van der Waals surface area contributed by atoms with E-state index in [1.165, 1.54) is 11.1 Å².